The second-order valence-electron chi connectivity index (χ2n) is 10.7. The fourth-order valence-corrected chi connectivity index (χ4v) is 5.60. The van der Waals surface area contributed by atoms with Crippen LogP contribution < -0.4 is 20.6 Å². The minimum absolute atomic E-state index is 0.0595. The van der Waals surface area contributed by atoms with Crippen molar-refractivity contribution in [1.29, 1.82) is 0 Å². The van der Waals surface area contributed by atoms with Crippen molar-refractivity contribution in [3.8, 4) is 5.75 Å². The number of aromatic nitrogens is 2. The quantitative estimate of drug-likeness (QED) is 0.455. The van der Waals surface area contributed by atoms with Crippen LogP contribution in [-0.4, -0.2) is 35.3 Å². The Kier molecular flexibility index (Phi) is 6.90. The second kappa shape index (κ2) is 10.2. The van der Waals surface area contributed by atoms with Crippen molar-refractivity contribution >= 4 is 23.6 Å². The summed E-state index contributed by atoms with van der Waals surface area (Å²) in [5.41, 5.74) is 1.66. The molecule has 1 saturated carbocycles. The van der Waals surface area contributed by atoms with E-state index >= 15 is 0 Å². The van der Waals surface area contributed by atoms with Gasteiger partial charge in [0.1, 0.15) is 29.2 Å². The molecule has 3 heterocycles. The van der Waals surface area contributed by atoms with Gasteiger partial charge in [-0.15, -0.1) is 0 Å². The molecular weight excluding hydrogens is 483 g/mol. The van der Waals surface area contributed by atoms with E-state index in [2.05, 4.69) is 15.3 Å². The molecule has 5 rings (SSSR count). The van der Waals surface area contributed by atoms with Crippen LogP contribution in [0.2, 0.25) is 0 Å². The van der Waals surface area contributed by atoms with Crippen LogP contribution in [0.15, 0.2) is 47.5 Å². The van der Waals surface area contributed by atoms with Gasteiger partial charge in [0, 0.05) is 28.0 Å². The number of halogens is 1. The first-order chi connectivity index (χ1) is 18.2. The number of hydrogen-bond acceptors (Lipinski definition) is 5. The number of pyridine rings is 1. The Balaban J connectivity index is 1.48. The Morgan fingerprint density at radius 1 is 1.13 bits per heavy atom. The summed E-state index contributed by atoms with van der Waals surface area (Å²) in [6.45, 7) is 4.84. The Morgan fingerprint density at radius 3 is 2.58 bits per heavy atom. The molecule has 2 N–H and O–H groups in total. The van der Waals surface area contributed by atoms with Crippen molar-refractivity contribution in [3.05, 3.63) is 75.7 Å². The standard InChI is InChI=1S/C30H33FN4O3/c1-17-23(38-4)14-12-20-26(28(35-27(17)20)19-10-8-18(16-36)9-11-19)21-13-15-25(33-21)34-29(37)22-6-5-7-24(32-22)30(2,3)31/h5-7,12-16,18-19,28,33H,8-11H2,1-4H3,(H,34,37). The number of aldehydes is 1. The number of hydrogen-bond donors (Lipinski definition) is 2. The first-order valence-electron chi connectivity index (χ1n) is 13.1. The van der Waals surface area contributed by atoms with E-state index < -0.39 is 11.6 Å². The predicted molar refractivity (Wildman–Crippen MR) is 143 cm³/mol. The number of H-pyrrole nitrogens is 1. The molecule has 8 heteroatoms. The third kappa shape index (κ3) is 4.87. The summed E-state index contributed by atoms with van der Waals surface area (Å²) < 4.78 is 19.9. The number of benzene rings is 1. The number of ether oxygens (including phenoxy) is 1. The van der Waals surface area contributed by atoms with Gasteiger partial charge >= 0.3 is 0 Å². The summed E-state index contributed by atoms with van der Waals surface area (Å²) >= 11 is 0. The monoisotopic (exact) mass is 516 g/mol. The van der Waals surface area contributed by atoms with E-state index in [-0.39, 0.29) is 23.3 Å². The molecule has 1 unspecified atom stereocenters. The van der Waals surface area contributed by atoms with E-state index in [4.69, 9.17) is 9.73 Å². The van der Waals surface area contributed by atoms with Gasteiger partial charge in [0.2, 0.25) is 0 Å². The average molecular weight is 517 g/mol. The van der Waals surface area contributed by atoms with Gasteiger partial charge in [-0.3, -0.25) is 9.79 Å². The highest BCUT2D eigenvalue weighted by molar-refractivity contribution is 6.02. The van der Waals surface area contributed by atoms with Crippen molar-refractivity contribution in [2.24, 2.45) is 16.8 Å². The Hall–Kier alpha value is -3.81. The van der Waals surface area contributed by atoms with Crippen LogP contribution in [0, 0.1) is 18.8 Å². The predicted octanol–water partition coefficient (Wildman–Crippen LogP) is 4.39. The number of nitrogens with zero attached hydrogens (tertiary/aromatic N) is 2. The van der Waals surface area contributed by atoms with Gasteiger partial charge in [-0.2, -0.15) is 0 Å². The minimum atomic E-state index is -1.65. The molecule has 2 aromatic heterocycles. The van der Waals surface area contributed by atoms with E-state index in [9.17, 15) is 14.0 Å². The first kappa shape index (κ1) is 25.8. The van der Waals surface area contributed by atoms with Crippen molar-refractivity contribution in [3.63, 3.8) is 0 Å². The van der Waals surface area contributed by atoms with Gasteiger partial charge in [0.15, 0.2) is 0 Å². The SMILES string of the molecule is COc1ccc2c(c1C)=NC(C1CCC(C=O)CC1)C=2c1ccc(NC(=O)c2cccc(C(C)(C)F)n2)[nH]1. The van der Waals surface area contributed by atoms with Crippen LogP contribution in [-0.2, 0) is 10.5 Å². The lowest BCUT2D eigenvalue weighted by molar-refractivity contribution is -0.112. The summed E-state index contributed by atoms with van der Waals surface area (Å²) in [6.07, 6.45) is 4.69. The summed E-state index contributed by atoms with van der Waals surface area (Å²) in [5.74, 6) is 1.34. The zero-order chi connectivity index (χ0) is 27.0. The van der Waals surface area contributed by atoms with Crippen LogP contribution >= 0.6 is 0 Å². The Bertz CT molecular complexity index is 1500. The summed E-state index contributed by atoms with van der Waals surface area (Å²) in [4.78, 5) is 37.0. The van der Waals surface area contributed by atoms with Gasteiger partial charge in [-0.25, -0.2) is 9.37 Å². The number of methoxy groups -OCH3 is 1. The highest BCUT2D eigenvalue weighted by Crippen LogP contribution is 2.37. The van der Waals surface area contributed by atoms with Crippen molar-refractivity contribution in [1.82, 2.24) is 9.97 Å². The fraction of sp³-hybridized carbons (Fsp3) is 0.400. The number of fused-ring (bicyclic) bond motifs is 1. The van der Waals surface area contributed by atoms with Crippen molar-refractivity contribution < 1.29 is 18.7 Å². The molecule has 0 spiro atoms. The van der Waals surface area contributed by atoms with Crippen molar-refractivity contribution in [2.75, 3.05) is 12.4 Å². The third-order valence-electron chi connectivity index (χ3n) is 7.73. The maximum absolute atomic E-state index is 14.4. The van der Waals surface area contributed by atoms with Gasteiger partial charge in [0.25, 0.3) is 5.91 Å². The molecular formula is C30H33FN4O3. The zero-order valence-corrected chi connectivity index (χ0v) is 22.2. The Labute approximate surface area is 221 Å². The number of alkyl halides is 1. The third-order valence-corrected chi connectivity index (χ3v) is 7.73. The molecule has 1 aliphatic carbocycles. The van der Waals surface area contributed by atoms with E-state index in [1.165, 1.54) is 13.8 Å². The van der Waals surface area contributed by atoms with Gasteiger partial charge in [-0.1, -0.05) is 6.07 Å². The lowest BCUT2D eigenvalue weighted by atomic mass is 9.77. The lowest BCUT2D eigenvalue weighted by Gasteiger charge is -2.30. The molecule has 0 saturated heterocycles. The molecule has 1 amide bonds. The van der Waals surface area contributed by atoms with Crippen LogP contribution in [0.3, 0.4) is 0 Å². The molecule has 1 aliphatic heterocycles. The minimum Gasteiger partial charge on any atom is -0.496 e. The van der Waals surface area contributed by atoms with Gasteiger partial charge < -0.3 is 19.8 Å². The van der Waals surface area contributed by atoms with E-state index in [1.807, 2.05) is 31.2 Å². The van der Waals surface area contributed by atoms with Gasteiger partial charge in [0.05, 0.1) is 24.2 Å². The molecule has 1 aromatic carbocycles. The molecule has 1 fully saturated rings. The maximum Gasteiger partial charge on any atom is 0.275 e. The number of anilines is 1. The molecule has 7 nitrogen and oxygen atoms in total. The molecule has 0 radical (unpaired) electrons. The van der Waals surface area contributed by atoms with E-state index in [0.29, 0.717) is 11.7 Å². The second-order valence-corrected chi connectivity index (χ2v) is 10.7. The summed E-state index contributed by atoms with van der Waals surface area (Å²) in [5, 5.41) is 4.83. The highest BCUT2D eigenvalue weighted by atomic mass is 19.1. The zero-order valence-electron chi connectivity index (χ0n) is 22.2. The number of aromatic amines is 1. The number of carbonyl (C=O) groups is 2. The molecule has 2 aliphatic rings. The molecule has 1 atom stereocenters. The smallest absolute Gasteiger partial charge is 0.275 e. The van der Waals surface area contributed by atoms with Crippen LogP contribution in [0.5, 0.6) is 5.75 Å². The maximum atomic E-state index is 14.4. The normalized spacial score (nSPS) is 21.0. The molecule has 198 valence electrons. The van der Waals surface area contributed by atoms with Crippen molar-refractivity contribution in [2.45, 2.75) is 58.2 Å². The van der Waals surface area contributed by atoms with Gasteiger partial charge in [-0.05, 0) is 88.8 Å². The summed E-state index contributed by atoms with van der Waals surface area (Å²) in [6, 6.07) is 12.5. The number of rotatable bonds is 7. The van der Waals surface area contributed by atoms with E-state index in [1.54, 1.807) is 25.3 Å². The fourth-order valence-electron chi connectivity index (χ4n) is 5.60. The topological polar surface area (TPSA) is 96.4 Å². The largest absolute Gasteiger partial charge is 0.496 e. The molecule has 38 heavy (non-hydrogen) atoms. The summed E-state index contributed by atoms with van der Waals surface area (Å²) in [7, 11) is 1.66. The number of nitrogens with one attached hydrogen (secondary N) is 2. The highest BCUT2D eigenvalue weighted by Gasteiger charge is 2.34. The Morgan fingerprint density at radius 2 is 1.89 bits per heavy atom. The van der Waals surface area contributed by atoms with Crippen LogP contribution in [0.4, 0.5) is 10.2 Å². The first-order valence-corrected chi connectivity index (χ1v) is 13.1. The number of carbonyl (C=O) groups excluding carboxylic acids is 2. The molecule has 3 aromatic rings. The number of amides is 1. The average Bonchev–Trinajstić information content (AvgIpc) is 3.53. The van der Waals surface area contributed by atoms with Crippen LogP contribution in [0.25, 0.3) is 5.57 Å². The van der Waals surface area contributed by atoms with E-state index in [0.717, 1.165) is 65.1 Å². The lowest BCUT2D eigenvalue weighted by Crippen LogP contribution is -2.28. The van der Waals surface area contributed by atoms with Crippen LogP contribution in [0.1, 0.15) is 67.0 Å². The molecule has 0 bridgehead atoms.